The van der Waals surface area contributed by atoms with Crippen molar-refractivity contribution in [1.82, 2.24) is 29.7 Å². The van der Waals surface area contributed by atoms with Crippen LogP contribution in [0.1, 0.15) is 37.6 Å². The zero-order valence-electron chi connectivity index (χ0n) is 19.8. The van der Waals surface area contributed by atoms with Crippen LogP contribution < -0.4 is 4.90 Å². The predicted molar refractivity (Wildman–Crippen MR) is 137 cm³/mol. The minimum Gasteiger partial charge on any atom is -0.480 e. The van der Waals surface area contributed by atoms with Crippen molar-refractivity contribution >= 4 is 35.0 Å². The third kappa shape index (κ3) is 6.43. The molecule has 0 aliphatic heterocycles. The van der Waals surface area contributed by atoms with Gasteiger partial charge in [-0.15, -0.1) is 11.3 Å². The van der Waals surface area contributed by atoms with Crippen LogP contribution >= 0.6 is 23.1 Å². The summed E-state index contributed by atoms with van der Waals surface area (Å²) in [6, 6.07) is 5.71. The van der Waals surface area contributed by atoms with E-state index in [-0.39, 0.29) is 0 Å². The van der Waals surface area contributed by atoms with Crippen molar-refractivity contribution < 1.29 is 9.90 Å². The van der Waals surface area contributed by atoms with Crippen molar-refractivity contribution in [2.24, 2.45) is 0 Å². The van der Waals surface area contributed by atoms with Gasteiger partial charge in [-0.25, -0.2) is 24.6 Å². The zero-order chi connectivity index (χ0) is 24.8. The molecule has 9 nitrogen and oxygen atoms in total. The Morgan fingerprint density at radius 1 is 1.17 bits per heavy atom. The highest BCUT2D eigenvalue weighted by atomic mass is 32.2. The lowest BCUT2D eigenvalue weighted by molar-refractivity contribution is -0.138. The lowest BCUT2D eigenvalue weighted by Gasteiger charge is -2.21. The summed E-state index contributed by atoms with van der Waals surface area (Å²) < 4.78 is 1.58. The summed E-state index contributed by atoms with van der Waals surface area (Å²) in [4.78, 5) is 31.7. The van der Waals surface area contributed by atoms with Crippen LogP contribution in [0, 0.1) is 0 Å². The molecule has 0 fully saturated rings. The molecule has 0 radical (unpaired) electrons. The molecular weight excluding hydrogens is 482 g/mol. The molecule has 35 heavy (non-hydrogen) atoms. The first-order valence-corrected chi connectivity index (χ1v) is 12.9. The van der Waals surface area contributed by atoms with Crippen LogP contribution in [0.25, 0.3) is 5.82 Å². The number of aliphatic carboxylic acids is 1. The van der Waals surface area contributed by atoms with Gasteiger partial charge in [0.15, 0.2) is 10.2 Å². The fraction of sp³-hybridized carbons (Fsp3) is 0.333. The highest BCUT2D eigenvalue weighted by Crippen LogP contribution is 2.34. The van der Waals surface area contributed by atoms with E-state index in [2.05, 4.69) is 36.9 Å². The fourth-order valence-electron chi connectivity index (χ4n) is 3.18. The van der Waals surface area contributed by atoms with Gasteiger partial charge in [0.2, 0.25) is 5.95 Å². The molecule has 1 N–H and O–H groups in total. The van der Waals surface area contributed by atoms with Gasteiger partial charge >= 0.3 is 5.97 Å². The number of anilines is 1. The van der Waals surface area contributed by atoms with Gasteiger partial charge in [-0.3, -0.25) is 4.79 Å². The second-order valence-electron chi connectivity index (χ2n) is 8.42. The number of carboxylic acid groups (broad SMARTS) is 1. The first-order chi connectivity index (χ1) is 16.8. The number of carbonyl (C=O) groups is 1. The van der Waals surface area contributed by atoms with Gasteiger partial charge in [0, 0.05) is 55.2 Å². The molecular formula is C24H27N7O2S2. The molecule has 0 aliphatic carbocycles. The lowest BCUT2D eigenvalue weighted by Crippen LogP contribution is -2.27. The summed E-state index contributed by atoms with van der Waals surface area (Å²) in [7, 11) is 0. The van der Waals surface area contributed by atoms with E-state index in [1.54, 1.807) is 24.7 Å². The number of thioether (sulfide) groups is 1. The van der Waals surface area contributed by atoms with E-state index in [9.17, 15) is 9.90 Å². The van der Waals surface area contributed by atoms with Crippen LogP contribution in [0.4, 0.5) is 5.95 Å². The molecule has 0 bridgehead atoms. The maximum atomic E-state index is 11.4. The monoisotopic (exact) mass is 509 g/mol. The molecule has 0 saturated carbocycles. The quantitative estimate of drug-likeness (QED) is 0.296. The average Bonchev–Trinajstić information content (AvgIpc) is 3.51. The molecule has 0 atom stereocenters. The Morgan fingerprint density at radius 2 is 1.97 bits per heavy atom. The van der Waals surface area contributed by atoms with Crippen molar-refractivity contribution in [3.63, 3.8) is 0 Å². The molecule has 11 heteroatoms. The first kappa shape index (κ1) is 24.8. The molecule has 0 amide bonds. The fourth-order valence-corrected chi connectivity index (χ4v) is 5.41. The second-order valence-corrected chi connectivity index (χ2v) is 11.1. The molecule has 0 saturated heterocycles. The van der Waals surface area contributed by atoms with Gasteiger partial charge < -0.3 is 10.0 Å². The number of aryl methyl sites for hydroxylation is 1. The molecule has 4 aromatic heterocycles. The third-order valence-electron chi connectivity index (χ3n) is 5.30. The first-order valence-electron chi connectivity index (χ1n) is 11.2. The van der Waals surface area contributed by atoms with Crippen LogP contribution in [0.15, 0.2) is 58.9 Å². The molecule has 0 aromatic carbocycles. The molecule has 4 rings (SSSR count). The Balaban J connectivity index is 1.49. The Hall–Kier alpha value is -3.31. The van der Waals surface area contributed by atoms with Crippen molar-refractivity contribution in [3.05, 3.63) is 71.4 Å². The average molecular weight is 510 g/mol. The predicted octanol–water partition coefficient (Wildman–Crippen LogP) is 4.28. The van der Waals surface area contributed by atoms with E-state index >= 15 is 0 Å². The lowest BCUT2D eigenvalue weighted by atomic mass is 10.2. The molecule has 182 valence electrons. The van der Waals surface area contributed by atoms with Gasteiger partial charge in [-0.05, 0) is 38.0 Å². The van der Waals surface area contributed by atoms with Crippen LogP contribution in [0.3, 0.4) is 0 Å². The summed E-state index contributed by atoms with van der Waals surface area (Å²) in [5.74, 6) is 0.541. The van der Waals surface area contributed by atoms with Crippen LogP contribution in [0.2, 0.25) is 0 Å². The number of hydrogen-bond donors (Lipinski definition) is 1. The van der Waals surface area contributed by atoms with Gasteiger partial charge in [0.25, 0.3) is 0 Å². The van der Waals surface area contributed by atoms with Crippen LogP contribution in [-0.2, 0) is 24.2 Å². The molecule has 0 spiro atoms. The number of aromatic nitrogens is 6. The second kappa shape index (κ2) is 11.0. The SMILES string of the molecule is CCc1cnc(N(CCc2csc(SC(C)(C)C(=O)O)n2)Cc2cnn(-c3ccccn3)c2)nc1. The van der Waals surface area contributed by atoms with Gasteiger partial charge in [-0.1, -0.05) is 24.8 Å². The summed E-state index contributed by atoms with van der Waals surface area (Å²) in [5, 5.41) is 15.8. The van der Waals surface area contributed by atoms with Crippen molar-refractivity contribution in [1.29, 1.82) is 0 Å². The minimum atomic E-state index is -0.927. The van der Waals surface area contributed by atoms with Crippen molar-refractivity contribution in [2.75, 3.05) is 11.4 Å². The van der Waals surface area contributed by atoms with Gasteiger partial charge in [0.05, 0.1) is 11.9 Å². The Kier molecular flexibility index (Phi) is 7.76. The van der Waals surface area contributed by atoms with Gasteiger partial charge in [0.1, 0.15) is 4.75 Å². The maximum Gasteiger partial charge on any atom is 0.319 e. The zero-order valence-corrected chi connectivity index (χ0v) is 21.5. The van der Waals surface area contributed by atoms with E-state index in [0.29, 0.717) is 25.5 Å². The Labute approximate surface area is 212 Å². The third-order valence-corrected chi connectivity index (χ3v) is 7.47. The van der Waals surface area contributed by atoms with Gasteiger partial charge in [-0.2, -0.15) is 5.10 Å². The summed E-state index contributed by atoms with van der Waals surface area (Å²) >= 11 is 2.74. The number of carboxylic acids is 1. The molecule has 0 unspecified atom stereocenters. The normalized spacial score (nSPS) is 11.5. The number of hydrogen-bond acceptors (Lipinski definition) is 9. The number of nitrogens with zero attached hydrogens (tertiary/aromatic N) is 7. The van der Waals surface area contributed by atoms with Crippen molar-refractivity contribution in [3.8, 4) is 5.82 Å². The Bertz CT molecular complexity index is 1260. The maximum absolute atomic E-state index is 11.4. The number of rotatable bonds is 11. The van der Waals surface area contributed by atoms with E-state index in [1.165, 1.54) is 23.1 Å². The van der Waals surface area contributed by atoms with E-state index in [0.717, 1.165) is 33.4 Å². The van der Waals surface area contributed by atoms with E-state index in [1.807, 2.05) is 48.4 Å². The highest BCUT2D eigenvalue weighted by molar-refractivity contribution is 8.03. The molecule has 4 aromatic rings. The smallest absolute Gasteiger partial charge is 0.319 e. The standard InChI is InChI=1S/C24H27N7O2S2/c1-4-17-11-26-22(27-12-17)30(14-18-13-28-31(15-18)20-7-5-6-9-25-20)10-8-19-16-34-23(29-19)35-24(2,3)21(32)33/h5-7,9,11-13,15-16H,4,8,10,14H2,1-3H3,(H,32,33). The largest absolute Gasteiger partial charge is 0.480 e. The summed E-state index contributed by atoms with van der Waals surface area (Å²) in [6.07, 6.45) is 10.8. The number of pyridine rings is 1. The molecule has 4 heterocycles. The Morgan fingerprint density at radius 3 is 2.66 bits per heavy atom. The topological polar surface area (TPSA) is 110 Å². The van der Waals surface area contributed by atoms with Crippen molar-refractivity contribution in [2.45, 2.75) is 49.2 Å². The molecule has 0 aliphatic rings. The summed E-state index contributed by atoms with van der Waals surface area (Å²) in [6.45, 7) is 6.68. The van der Waals surface area contributed by atoms with Crippen LogP contribution in [0.5, 0.6) is 0 Å². The number of thiazole rings is 1. The summed E-state index contributed by atoms with van der Waals surface area (Å²) in [5.41, 5.74) is 3.01. The van der Waals surface area contributed by atoms with E-state index in [4.69, 9.17) is 0 Å². The minimum absolute atomic E-state index is 0.579. The van der Waals surface area contributed by atoms with Crippen LogP contribution in [-0.4, -0.2) is 52.1 Å². The highest BCUT2D eigenvalue weighted by Gasteiger charge is 2.29. The van der Waals surface area contributed by atoms with E-state index < -0.39 is 10.7 Å².